The van der Waals surface area contributed by atoms with Crippen LogP contribution < -0.4 is 10.6 Å². The molecule has 0 amide bonds. The molecule has 142 valence electrons. The number of carboxylic acid groups (broad SMARTS) is 1. The summed E-state index contributed by atoms with van der Waals surface area (Å²) in [5, 5.41) is 8.26. The standard InChI is InChI=1S/C15H19N3S.C2HF3O2/c1-11-8-17-15(19-11)18-9-13(7-16)14(10-18)12-5-3-2-4-6-12;3-2(4,5)1(6)7/h2-6,8,13-14H,7,9-10,16H2,1H3;(H,6,7)/t13-,14+;/m1./s1. The number of rotatable bonds is 3. The van der Waals surface area contributed by atoms with E-state index in [0.717, 1.165) is 24.8 Å². The Labute approximate surface area is 153 Å². The Bertz CT molecular complexity index is 722. The summed E-state index contributed by atoms with van der Waals surface area (Å²) in [5.74, 6) is -1.71. The number of nitrogens with two attached hydrogens (primary N) is 1. The Morgan fingerprint density at radius 2 is 1.96 bits per heavy atom. The van der Waals surface area contributed by atoms with Crippen LogP contribution in [0.2, 0.25) is 0 Å². The summed E-state index contributed by atoms with van der Waals surface area (Å²) in [6, 6.07) is 10.7. The fraction of sp³-hybridized carbons (Fsp3) is 0.412. The number of alkyl halides is 3. The van der Waals surface area contributed by atoms with Crippen LogP contribution >= 0.6 is 11.3 Å². The molecule has 5 nitrogen and oxygen atoms in total. The monoisotopic (exact) mass is 387 g/mol. The van der Waals surface area contributed by atoms with E-state index < -0.39 is 12.1 Å². The Morgan fingerprint density at radius 3 is 2.42 bits per heavy atom. The molecule has 2 heterocycles. The molecule has 2 atom stereocenters. The van der Waals surface area contributed by atoms with Crippen LogP contribution in [0.4, 0.5) is 18.3 Å². The van der Waals surface area contributed by atoms with E-state index in [1.54, 1.807) is 11.3 Å². The molecule has 1 aliphatic rings. The van der Waals surface area contributed by atoms with Gasteiger partial charge in [-0.05, 0) is 24.9 Å². The van der Waals surface area contributed by atoms with Crippen molar-refractivity contribution in [1.29, 1.82) is 0 Å². The van der Waals surface area contributed by atoms with E-state index in [-0.39, 0.29) is 0 Å². The molecule has 1 aromatic carbocycles. The minimum absolute atomic E-state index is 0.520. The first kappa shape index (κ1) is 20.2. The Balaban J connectivity index is 0.000000298. The van der Waals surface area contributed by atoms with Gasteiger partial charge in [0.05, 0.1) is 0 Å². The van der Waals surface area contributed by atoms with Crippen molar-refractivity contribution in [3.8, 4) is 0 Å². The van der Waals surface area contributed by atoms with Crippen molar-refractivity contribution in [2.75, 3.05) is 24.5 Å². The van der Waals surface area contributed by atoms with Crippen LogP contribution in [0, 0.1) is 12.8 Å². The van der Waals surface area contributed by atoms with Gasteiger partial charge in [0.25, 0.3) is 0 Å². The van der Waals surface area contributed by atoms with E-state index >= 15 is 0 Å². The minimum Gasteiger partial charge on any atom is -0.475 e. The van der Waals surface area contributed by atoms with Crippen molar-refractivity contribution < 1.29 is 23.1 Å². The number of hydrogen-bond donors (Lipinski definition) is 2. The van der Waals surface area contributed by atoms with Crippen molar-refractivity contribution in [2.45, 2.75) is 19.0 Å². The van der Waals surface area contributed by atoms with Gasteiger partial charge in [0.1, 0.15) is 0 Å². The summed E-state index contributed by atoms with van der Waals surface area (Å²) in [4.78, 5) is 17.0. The molecule has 0 unspecified atom stereocenters. The highest BCUT2D eigenvalue weighted by Gasteiger charge is 2.38. The smallest absolute Gasteiger partial charge is 0.475 e. The maximum Gasteiger partial charge on any atom is 0.490 e. The molecule has 1 aliphatic heterocycles. The zero-order valence-corrected chi connectivity index (χ0v) is 14.9. The second kappa shape index (κ2) is 8.50. The van der Waals surface area contributed by atoms with Crippen LogP contribution in [0.15, 0.2) is 36.5 Å². The molecule has 2 aromatic rings. The number of halogens is 3. The maximum absolute atomic E-state index is 10.6. The molecule has 9 heteroatoms. The topological polar surface area (TPSA) is 79.5 Å². The first-order valence-electron chi connectivity index (χ1n) is 7.95. The van der Waals surface area contributed by atoms with Crippen LogP contribution in [0.5, 0.6) is 0 Å². The van der Waals surface area contributed by atoms with E-state index in [1.165, 1.54) is 10.4 Å². The van der Waals surface area contributed by atoms with E-state index in [9.17, 15) is 13.2 Å². The highest BCUT2D eigenvalue weighted by Crippen LogP contribution is 2.36. The fourth-order valence-corrected chi connectivity index (χ4v) is 3.61. The van der Waals surface area contributed by atoms with Crippen molar-refractivity contribution >= 4 is 22.4 Å². The molecule has 26 heavy (non-hydrogen) atoms. The van der Waals surface area contributed by atoms with Crippen LogP contribution in [-0.2, 0) is 4.79 Å². The van der Waals surface area contributed by atoms with Gasteiger partial charge in [-0.3, -0.25) is 0 Å². The van der Waals surface area contributed by atoms with Gasteiger partial charge >= 0.3 is 12.1 Å². The molecule has 1 saturated heterocycles. The number of aliphatic carboxylic acids is 1. The number of aromatic nitrogens is 1. The van der Waals surface area contributed by atoms with Gasteiger partial charge in [0.2, 0.25) is 0 Å². The predicted octanol–water partition coefficient (Wildman–Crippen LogP) is 3.26. The summed E-state index contributed by atoms with van der Waals surface area (Å²) < 4.78 is 31.7. The quantitative estimate of drug-likeness (QED) is 0.845. The first-order chi connectivity index (χ1) is 12.2. The first-order valence-corrected chi connectivity index (χ1v) is 8.76. The number of aryl methyl sites for hydroxylation is 1. The average Bonchev–Trinajstić information content (AvgIpc) is 3.21. The average molecular weight is 387 g/mol. The van der Waals surface area contributed by atoms with E-state index in [0.29, 0.717) is 11.8 Å². The molecule has 0 saturated carbocycles. The third-order valence-electron chi connectivity index (χ3n) is 4.09. The number of nitrogens with zero attached hydrogens (tertiary/aromatic N) is 2. The number of benzene rings is 1. The van der Waals surface area contributed by atoms with Crippen molar-refractivity contribution in [3.63, 3.8) is 0 Å². The third kappa shape index (κ3) is 5.18. The molecule has 1 aromatic heterocycles. The molecular formula is C17H20F3N3O2S. The van der Waals surface area contributed by atoms with Gasteiger partial charge < -0.3 is 15.7 Å². The summed E-state index contributed by atoms with van der Waals surface area (Å²) >= 11 is 1.77. The number of thiazole rings is 1. The van der Waals surface area contributed by atoms with Crippen LogP contribution in [-0.4, -0.2) is 41.9 Å². The second-order valence-electron chi connectivity index (χ2n) is 5.97. The Kier molecular flexibility index (Phi) is 6.60. The highest BCUT2D eigenvalue weighted by atomic mass is 32.1. The molecule has 3 N–H and O–H groups in total. The molecule has 0 aliphatic carbocycles. The summed E-state index contributed by atoms with van der Waals surface area (Å²) in [6.07, 6.45) is -3.13. The number of carboxylic acids is 1. The molecule has 0 radical (unpaired) electrons. The van der Waals surface area contributed by atoms with E-state index in [4.69, 9.17) is 15.6 Å². The van der Waals surface area contributed by atoms with Crippen LogP contribution in [0.3, 0.4) is 0 Å². The lowest BCUT2D eigenvalue weighted by Gasteiger charge is -2.16. The van der Waals surface area contributed by atoms with Gasteiger partial charge in [-0.2, -0.15) is 13.2 Å². The Hall–Kier alpha value is -2.13. The molecule has 0 bridgehead atoms. The number of hydrogen-bond acceptors (Lipinski definition) is 5. The van der Waals surface area contributed by atoms with Gasteiger partial charge in [-0.25, -0.2) is 9.78 Å². The lowest BCUT2D eigenvalue weighted by molar-refractivity contribution is -0.192. The summed E-state index contributed by atoms with van der Waals surface area (Å²) in [6.45, 7) is 4.88. The molecule has 0 spiro atoms. The van der Waals surface area contributed by atoms with Gasteiger partial charge in [0.15, 0.2) is 5.13 Å². The molecule has 1 fully saturated rings. The highest BCUT2D eigenvalue weighted by molar-refractivity contribution is 7.15. The predicted molar refractivity (Wildman–Crippen MR) is 94.5 cm³/mol. The van der Waals surface area contributed by atoms with Crippen molar-refractivity contribution in [1.82, 2.24) is 4.98 Å². The minimum atomic E-state index is -5.08. The summed E-state index contributed by atoms with van der Waals surface area (Å²) in [5.41, 5.74) is 7.36. The number of anilines is 1. The van der Waals surface area contributed by atoms with Crippen LogP contribution in [0.25, 0.3) is 0 Å². The van der Waals surface area contributed by atoms with E-state index in [1.807, 2.05) is 6.20 Å². The fourth-order valence-electron chi connectivity index (χ4n) is 2.83. The second-order valence-corrected chi connectivity index (χ2v) is 7.19. The van der Waals surface area contributed by atoms with Gasteiger partial charge in [-0.1, -0.05) is 30.3 Å². The Morgan fingerprint density at radius 1 is 1.35 bits per heavy atom. The lowest BCUT2D eigenvalue weighted by Crippen LogP contribution is -2.22. The molecular weight excluding hydrogens is 367 g/mol. The largest absolute Gasteiger partial charge is 0.490 e. The van der Waals surface area contributed by atoms with Gasteiger partial charge in [0, 0.05) is 30.1 Å². The van der Waals surface area contributed by atoms with Gasteiger partial charge in [-0.15, -0.1) is 11.3 Å². The lowest BCUT2D eigenvalue weighted by atomic mass is 9.89. The van der Waals surface area contributed by atoms with E-state index in [2.05, 4.69) is 47.1 Å². The van der Waals surface area contributed by atoms with Crippen molar-refractivity contribution in [2.24, 2.45) is 11.7 Å². The third-order valence-corrected chi connectivity index (χ3v) is 5.07. The maximum atomic E-state index is 10.6. The zero-order chi connectivity index (χ0) is 19.3. The van der Waals surface area contributed by atoms with Crippen LogP contribution in [0.1, 0.15) is 16.4 Å². The number of carbonyl (C=O) groups is 1. The molecule has 3 rings (SSSR count). The summed E-state index contributed by atoms with van der Waals surface area (Å²) in [7, 11) is 0. The SMILES string of the molecule is Cc1cnc(N2C[C@@H](CN)[C@H](c3ccccc3)C2)s1.O=C(O)C(F)(F)F. The zero-order valence-electron chi connectivity index (χ0n) is 14.1. The normalized spacial score (nSPS) is 19.8. The van der Waals surface area contributed by atoms with Crippen molar-refractivity contribution in [3.05, 3.63) is 47.0 Å².